The van der Waals surface area contributed by atoms with E-state index >= 15 is 0 Å². The van der Waals surface area contributed by atoms with E-state index in [-0.39, 0.29) is 11.5 Å². The smallest absolute Gasteiger partial charge is 0.226 e. The first-order valence-electron chi connectivity index (χ1n) is 10.9. The van der Waals surface area contributed by atoms with Crippen molar-refractivity contribution in [3.8, 4) is 0 Å². The minimum absolute atomic E-state index is 0.0647. The molecule has 5 fully saturated rings. The van der Waals surface area contributed by atoms with Gasteiger partial charge in [-0.15, -0.1) is 0 Å². The van der Waals surface area contributed by atoms with Gasteiger partial charge in [0, 0.05) is 17.0 Å². The Labute approximate surface area is 167 Å². The number of likely N-dealkylation sites (tertiary alicyclic amines) is 1. The summed E-state index contributed by atoms with van der Waals surface area (Å²) >= 11 is 6.53. The fraction of sp³-hybridized carbons (Fsp3) is 0.696. The maximum Gasteiger partial charge on any atom is 0.226 e. The number of hydrogen-bond acceptors (Lipinski definition) is 2. The van der Waals surface area contributed by atoms with E-state index in [1.54, 1.807) is 0 Å². The molecule has 4 heteroatoms. The monoisotopic (exact) mass is 386 g/mol. The molecule has 5 aliphatic rings. The number of amides is 1. The molecular formula is C23H31ClN2O. The van der Waals surface area contributed by atoms with Crippen molar-refractivity contribution < 1.29 is 4.79 Å². The average molecular weight is 387 g/mol. The van der Waals surface area contributed by atoms with Crippen molar-refractivity contribution in [2.45, 2.75) is 57.4 Å². The van der Waals surface area contributed by atoms with E-state index in [0.717, 1.165) is 60.7 Å². The van der Waals surface area contributed by atoms with E-state index in [2.05, 4.69) is 22.3 Å². The fourth-order valence-electron chi connectivity index (χ4n) is 7.00. The van der Waals surface area contributed by atoms with Crippen molar-refractivity contribution in [3.63, 3.8) is 0 Å². The topological polar surface area (TPSA) is 32.3 Å². The Kier molecular flexibility index (Phi) is 4.72. The van der Waals surface area contributed by atoms with Crippen LogP contribution in [0, 0.1) is 23.2 Å². The number of nitrogens with zero attached hydrogens (tertiary/aromatic N) is 1. The van der Waals surface area contributed by atoms with E-state index in [0.29, 0.717) is 12.5 Å². The molecular weight excluding hydrogens is 356 g/mol. The van der Waals surface area contributed by atoms with Gasteiger partial charge < -0.3 is 5.32 Å². The number of halogens is 1. The summed E-state index contributed by atoms with van der Waals surface area (Å²) in [4.78, 5) is 15.9. The predicted molar refractivity (Wildman–Crippen MR) is 109 cm³/mol. The molecule has 1 N–H and O–H groups in total. The third-order valence-corrected chi connectivity index (χ3v) is 8.17. The Hall–Kier alpha value is -1.06. The van der Waals surface area contributed by atoms with E-state index in [1.807, 2.05) is 12.1 Å². The van der Waals surface area contributed by atoms with Crippen LogP contribution < -0.4 is 5.32 Å². The maximum absolute atomic E-state index is 13.4. The number of nitrogens with one attached hydrogen (secondary N) is 1. The normalized spacial score (nSPS) is 36.1. The first-order chi connectivity index (χ1) is 13.1. The summed E-state index contributed by atoms with van der Waals surface area (Å²) in [6.45, 7) is 2.89. The summed E-state index contributed by atoms with van der Waals surface area (Å²) in [6, 6.07) is 8.34. The van der Waals surface area contributed by atoms with E-state index in [4.69, 9.17) is 11.6 Å². The van der Waals surface area contributed by atoms with Crippen LogP contribution in [0.2, 0.25) is 5.02 Å². The molecule has 4 aliphatic carbocycles. The molecule has 1 heterocycles. The lowest BCUT2D eigenvalue weighted by atomic mass is 9.49. The lowest BCUT2D eigenvalue weighted by Crippen LogP contribution is -2.54. The quantitative estimate of drug-likeness (QED) is 0.787. The number of benzene rings is 1. The van der Waals surface area contributed by atoms with Crippen LogP contribution in [0.15, 0.2) is 24.3 Å². The molecule has 3 nitrogen and oxygen atoms in total. The van der Waals surface area contributed by atoms with Crippen molar-refractivity contribution in [2.24, 2.45) is 23.2 Å². The lowest BCUT2D eigenvalue weighted by Gasteiger charge is -2.55. The van der Waals surface area contributed by atoms with Crippen molar-refractivity contribution >= 4 is 17.5 Å². The van der Waals surface area contributed by atoms with Crippen LogP contribution in [0.4, 0.5) is 0 Å². The van der Waals surface area contributed by atoms with E-state index in [9.17, 15) is 4.79 Å². The highest BCUT2D eigenvalue weighted by Crippen LogP contribution is 2.60. The fourth-order valence-corrected chi connectivity index (χ4v) is 7.26. The van der Waals surface area contributed by atoms with Crippen molar-refractivity contribution in [1.29, 1.82) is 0 Å². The Balaban J connectivity index is 1.32. The molecule has 146 valence electrons. The second kappa shape index (κ2) is 7.08. The summed E-state index contributed by atoms with van der Waals surface area (Å²) in [5.41, 5.74) is 1.09. The number of carbonyl (C=O) groups is 1. The molecule has 0 aromatic heterocycles. The largest absolute Gasteiger partial charge is 0.354 e. The second-order valence-corrected chi connectivity index (χ2v) is 10.1. The minimum Gasteiger partial charge on any atom is -0.354 e. The second-order valence-electron chi connectivity index (χ2n) is 9.69. The Morgan fingerprint density at radius 2 is 1.67 bits per heavy atom. The zero-order valence-electron chi connectivity index (χ0n) is 16.1. The summed E-state index contributed by atoms with van der Waals surface area (Å²) in [7, 11) is 0. The number of rotatable bonds is 5. The Bertz CT molecular complexity index is 677. The molecule has 4 bridgehead atoms. The van der Waals surface area contributed by atoms with Gasteiger partial charge in [-0.05, 0) is 93.8 Å². The molecule has 1 aliphatic heterocycles. The molecule has 1 amide bonds. The summed E-state index contributed by atoms with van der Waals surface area (Å²) < 4.78 is 0. The van der Waals surface area contributed by atoms with Crippen molar-refractivity contribution in [1.82, 2.24) is 10.2 Å². The van der Waals surface area contributed by atoms with Gasteiger partial charge in [-0.25, -0.2) is 0 Å². The van der Waals surface area contributed by atoms with Crippen LogP contribution in [0.3, 0.4) is 0 Å². The lowest BCUT2D eigenvalue weighted by molar-refractivity contribution is -0.146. The van der Waals surface area contributed by atoms with Gasteiger partial charge in [-0.1, -0.05) is 29.8 Å². The molecule has 1 atom stereocenters. The van der Waals surface area contributed by atoms with Gasteiger partial charge in [0.15, 0.2) is 0 Å². The molecule has 6 rings (SSSR count). The minimum atomic E-state index is -0.0647. The third kappa shape index (κ3) is 3.31. The van der Waals surface area contributed by atoms with E-state index < -0.39 is 0 Å². The Morgan fingerprint density at radius 3 is 2.26 bits per heavy atom. The van der Waals surface area contributed by atoms with Gasteiger partial charge in [0.05, 0.1) is 6.04 Å². The standard InChI is InChI=1S/C23H31ClN2O/c24-20-6-2-1-5-19(20)21(26-7-3-4-8-26)15-25-22(27)23-12-16-9-17(13-23)11-18(10-16)14-23/h1-2,5-6,16-18,21H,3-4,7-15H2,(H,25,27)/t16?,17?,18?,21-,23?/m0/s1. The summed E-state index contributed by atoms with van der Waals surface area (Å²) in [5.74, 6) is 2.75. The van der Waals surface area contributed by atoms with Crippen LogP contribution in [-0.4, -0.2) is 30.4 Å². The SMILES string of the molecule is O=C(NC[C@@H](c1ccccc1Cl)N1CCCC1)C12CC3CC(CC(C3)C1)C2. The predicted octanol–water partition coefficient (Wildman–Crippen LogP) is 4.81. The van der Waals surface area contributed by atoms with Crippen molar-refractivity contribution in [3.05, 3.63) is 34.9 Å². The van der Waals surface area contributed by atoms with Crippen LogP contribution >= 0.6 is 11.6 Å². The van der Waals surface area contributed by atoms with E-state index in [1.165, 1.54) is 32.1 Å². The summed E-state index contributed by atoms with van der Waals surface area (Å²) in [5, 5.41) is 4.22. The molecule has 1 aromatic carbocycles. The van der Waals surface area contributed by atoms with Crippen LogP contribution in [0.25, 0.3) is 0 Å². The van der Waals surface area contributed by atoms with Crippen LogP contribution in [0.5, 0.6) is 0 Å². The van der Waals surface area contributed by atoms with Gasteiger partial charge in [0.2, 0.25) is 5.91 Å². The average Bonchev–Trinajstić information content (AvgIpc) is 3.16. The third-order valence-electron chi connectivity index (χ3n) is 7.82. The van der Waals surface area contributed by atoms with Gasteiger partial charge in [0.25, 0.3) is 0 Å². The number of carbonyl (C=O) groups excluding carboxylic acids is 1. The highest BCUT2D eigenvalue weighted by atomic mass is 35.5. The Morgan fingerprint density at radius 1 is 1.07 bits per heavy atom. The number of hydrogen-bond donors (Lipinski definition) is 1. The summed E-state index contributed by atoms with van der Waals surface area (Å²) in [6.07, 6.45) is 10.0. The molecule has 1 saturated heterocycles. The first kappa shape index (κ1) is 18.0. The van der Waals surface area contributed by atoms with Gasteiger partial charge >= 0.3 is 0 Å². The molecule has 1 aromatic rings. The highest BCUT2D eigenvalue weighted by molar-refractivity contribution is 6.31. The molecule has 0 spiro atoms. The molecule has 4 saturated carbocycles. The first-order valence-corrected chi connectivity index (χ1v) is 11.3. The zero-order valence-corrected chi connectivity index (χ0v) is 16.9. The molecule has 0 radical (unpaired) electrons. The van der Waals surface area contributed by atoms with Crippen LogP contribution in [0.1, 0.15) is 63.0 Å². The van der Waals surface area contributed by atoms with Crippen molar-refractivity contribution in [2.75, 3.05) is 19.6 Å². The van der Waals surface area contributed by atoms with Gasteiger partial charge in [-0.2, -0.15) is 0 Å². The maximum atomic E-state index is 13.4. The zero-order chi connectivity index (χ0) is 18.4. The molecule has 0 unspecified atom stereocenters. The molecule has 27 heavy (non-hydrogen) atoms. The highest BCUT2D eigenvalue weighted by Gasteiger charge is 2.54. The van der Waals surface area contributed by atoms with Crippen LogP contribution in [-0.2, 0) is 4.79 Å². The van der Waals surface area contributed by atoms with Gasteiger partial charge in [-0.3, -0.25) is 9.69 Å². The van der Waals surface area contributed by atoms with Gasteiger partial charge in [0.1, 0.15) is 0 Å².